The molecule has 12 heavy (non-hydrogen) atoms. The number of nitrogens with zero attached hydrogens (tertiary/aromatic N) is 2. The molecule has 0 amide bonds. The lowest BCUT2D eigenvalue weighted by Crippen LogP contribution is -2.12. The molecule has 0 aliphatic carbocycles. The van der Waals surface area contributed by atoms with Gasteiger partial charge in [0.25, 0.3) is 0 Å². The monoisotopic (exact) mass is 165 g/mol. The molecule has 2 N–H and O–H groups in total. The summed E-state index contributed by atoms with van der Waals surface area (Å²) in [6.07, 6.45) is 5.45. The van der Waals surface area contributed by atoms with E-state index >= 15 is 0 Å². The van der Waals surface area contributed by atoms with Crippen molar-refractivity contribution in [2.75, 3.05) is 0 Å². The molecule has 0 bridgehead atoms. The van der Waals surface area contributed by atoms with Crippen LogP contribution in [0.5, 0.6) is 0 Å². The lowest BCUT2D eigenvalue weighted by molar-refractivity contribution is 0.628. The Kier molecular flexibility index (Phi) is 3.17. The van der Waals surface area contributed by atoms with Crippen molar-refractivity contribution in [2.24, 2.45) is 5.73 Å². The SMILES string of the molecule is CCC[C@H](N)c1cncnc1C. The van der Waals surface area contributed by atoms with Crippen molar-refractivity contribution >= 4 is 0 Å². The molecule has 1 rings (SSSR count). The van der Waals surface area contributed by atoms with E-state index in [1.165, 1.54) is 0 Å². The lowest BCUT2D eigenvalue weighted by atomic mass is 10.0. The minimum atomic E-state index is 0.0937. The average molecular weight is 165 g/mol. The minimum Gasteiger partial charge on any atom is -0.324 e. The minimum absolute atomic E-state index is 0.0937. The van der Waals surface area contributed by atoms with Crippen molar-refractivity contribution in [3.05, 3.63) is 23.8 Å². The van der Waals surface area contributed by atoms with Crippen LogP contribution in [-0.2, 0) is 0 Å². The second-order valence-corrected chi connectivity index (χ2v) is 2.96. The van der Waals surface area contributed by atoms with Gasteiger partial charge < -0.3 is 5.73 Å². The number of nitrogens with two attached hydrogens (primary N) is 1. The quantitative estimate of drug-likeness (QED) is 0.739. The van der Waals surface area contributed by atoms with Crippen LogP contribution in [0, 0.1) is 6.92 Å². The van der Waals surface area contributed by atoms with Gasteiger partial charge in [0.2, 0.25) is 0 Å². The van der Waals surface area contributed by atoms with Gasteiger partial charge in [0, 0.05) is 23.5 Å². The van der Waals surface area contributed by atoms with E-state index in [1.54, 1.807) is 6.33 Å². The first-order valence-corrected chi connectivity index (χ1v) is 4.27. The third-order valence-corrected chi connectivity index (χ3v) is 1.95. The van der Waals surface area contributed by atoms with Crippen molar-refractivity contribution in [2.45, 2.75) is 32.7 Å². The normalized spacial score (nSPS) is 12.9. The maximum atomic E-state index is 5.93. The van der Waals surface area contributed by atoms with Crippen LogP contribution >= 0.6 is 0 Å². The highest BCUT2D eigenvalue weighted by molar-refractivity contribution is 5.18. The largest absolute Gasteiger partial charge is 0.324 e. The first-order chi connectivity index (χ1) is 5.75. The fourth-order valence-electron chi connectivity index (χ4n) is 1.23. The molecule has 0 aliphatic heterocycles. The van der Waals surface area contributed by atoms with Gasteiger partial charge in [-0.2, -0.15) is 0 Å². The van der Waals surface area contributed by atoms with Gasteiger partial charge in [0.05, 0.1) is 0 Å². The van der Waals surface area contributed by atoms with Crippen molar-refractivity contribution < 1.29 is 0 Å². The van der Waals surface area contributed by atoms with Crippen LogP contribution in [0.25, 0.3) is 0 Å². The second kappa shape index (κ2) is 4.16. The number of aromatic nitrogens is 2. The zero-order valence-corrected chi connectivity index (χ0v) is 7.62. The first-order valence-electron chi connectivity index (χ1n) is 4.27. The van der Waals surface area contributed by atoms with Crippen LogP contribution in [0.3, 0.4) is 0 Å². The molecule has 1 atom stereocenters. The van der Waals surface area contributed by atoms with Crippen molar-refractivity contribution in [3.8, 4) is 0 Å². The van der Waals surface area contributed by atoms with Gasteiger partial charge in [-0.15, -0.1) is 0 Å². The number of aryl methyl sites for hydroxylation is 1. The van der Waals surface area contributed by atoms with E-state index in [0.717, 1.165) is 24.1 Å². The van der Waals surface area contributed by atoms with Crippen LogP contribution in [0.2, 0.25) is 0 Å². The van der Waals surface area contributed by atoms with Crippen LogP contribution in [0.15, 0.2) is 12.5 Å². The highest BCUT2D eigenvalue weighted by atomic mass is 14.8. The molecule has 3 heteroatoms. The van der Waals surface area contributed by atoms with E-state index in [-0.39, 0.29) is 6.04 Å². The standard InChI is InChI=1S/C9H15N3/c1-3-4-9(10)8-5-11-6-12-7(8)2/h5-6,9H,3-4,10H2,1-2H3/t9-/m0/s1. The molecule has 1 aromatic rings. The number of hydrogen-bond acceptors (Lipinski definition) is 3. The molecule has 1 heterocycles. The fourth-order valence-corrected chi connectivity index (χ4v) is 1.23. The summed E-state index contributed by atoms with van der Waals surface area (Å²) >= 11 is 0. The Bertz CT molecular complexity index is 247. The highest BCUT2D eigenvalue weighted by Gasteiger charge is 2.07. The summed E-state index contributed by atoms with van der Waals surface area (Å²) < 4.78 is 0. The molecule has 0 unspecified atom stereocenters. The highest BCUT2D eigenvalue weighted by Crippen LogP contribution is 2.16. The molecule has 0 aliphatic rings. The Morgan fingerprint density at radius 2 is 2.33 bits per heavy atom. The summed E-state index contributed by atoms with van der Waals surface area (Å²) in [4.78, 5) is 8.05. The predicted molar refractivity (Wildman–Crippen MR) is 48.6 cm³/mol. The predicted octanol–water partition coefficient (Wildman–Crippen LogP) is 1.58. The van der Waals surface area contributed by atoms with E-state index in [2.05, 4.69) is 16.9 Å². The Balaban J connectivity index is 2.79. The summed E-state index contributed by atoms with van der Waals surface area (Å²) in [5, 5.41) is 0. The summed E-state index contributed by atoms with van der Waals surface area (Å²) in [5.74, 6) is 0. The van der Waals surface area contributed by atoms with Crippen LogP contribution < -0.4 is 5.73 Å². The first kappa shape index (κ1) is 9.13. The molecule has 0 saturated heterocycles. The second-order valence-electron chi connectivity index (χ2n) is 2.96. The van der Waals surface area contributed by atoms with Crippen molar-refractivity contribution in [3.63, 3.8) is 0 Å². The molecule has 0 fully saturated rings. The number of hydrogen-bond donors (Lipinski definition) is 1. The van der Waals surface area contributed by atoms with Gasteiger partial charge in [-0.05, 0) is 13.3 Å². The van der Waals surface area contributed by atoms with Crippen molar-refractivity contribution in [1.82, 2.24) is 9.97 Å². The van der Waals surface area contributed by atoms with Crippen molar-refractivity contribution in [1.29, 1.82) is 0 Å². The smallest absolute Gasteiger partial charge is 0.115 e. The Morgan fingerprint density at radius 1 is 1.58 bits per heavy atom. The van der Waals surface area contributed by atoms with Crippen LogP contribution in [0.1, 0.15) is 37.1 Å². The zero-order chi connectivity index (χ0) is 8.97. The van der Waals surface area contributed by atoms with Gasteiger partial charge in [0.15, 0.2) is 0 Å². The van der Waals surface area contributed by atoms with E-state index in [4.69, 9.17) is 5.73 Å². The van der Waals surface area contributed by atoms with Crippen LogP contribution in [-0.4, -0.2) is 9.97 Å². The molecular formula is C9H15N3. The Hall–Kier alpha value is -0.960. The molecular weight excluding hydrogens is 150 g/mol. The summed E-state index contributed by atoms with van der Waals surface area (Å²) in [6, 6.07) is 0.0937. The van der Waals surface area contributed by atoms with Gasteiger partial charge >= 0.3 is 0 Å². The average Bonchev–Trinajstić information content (AvgIpc) is 2.05. The van der Waals surface area contributed by atoms with Gasteiger partial charge in [-0.1, -0.05) is 13.3 Å². The summed E-state index contributed by atoms with van der Waals surface area (Å²) in [7, 11) is 0. The van der Waals surface area contributed by atoms with E-state index in [0.29, 0.717) is 0 Å². The van der Waals surface area contributed by atoms with Gasteiger partial charge in [-0.3, -0.25) is 0 Å². The fraction of sp³-hybridized carbons (Fsp3) is 0.556. The molecule has 0 saturated carbocycles. The molecule has 0 radical (unpaired) electrons. The Morgan fingerprint density at radius 3 is 2.92 bits per heavy atom. The van der Waals surface area contributed by atoms with Gasteiger partial charge in [0.1, 0.15) is 6.33 Å². The molecule has 1 aromatic heterocycles. The maximum Gasteiger partial charge on any atom is 0.115 e. The molecule has 66 valence electrons. The van der Waals surface area contributed by atoms with E-state index in [9.17, 15) is 0 Å². The van der Waals surface area contributed by atoms with Gasteiger partial charge in [-0.25, -0.2) is 9.97 Å². The summed E-state index contributed by atoms with van der Waals surface area (Å²) in [5.41, 5.74) is 7.99. The topological polar surface area (TPSA) is 51.8 Å². The molecule has 0 aromatic carbocycles. The zero-order valence-electron chi connectivity index (χ0n) is 7.62. The molecule has 3 nitrogen and oxygen atoms in total. The number of rotatable bonds is 3. The van der Waals surface area contributed by atoms with Crippen LogP contribution in [0.4, 0.5) is 0 Å². The van der Waals surface area contributed by atoms with E-state index in [1.807, 2.05) is 13.1 Å². The third-order valence-electron chi connectivity index (χ3n) is 1.95. The van der Waals surface area contributed by atoms with E-state index < -0.39 is 0 Å². The maximum absolute atomic E-state index is 5.93. The molecule has 0 spiro atoms. The lowest BCUT2D eigenvalue weighted by Gasteiger charge is -2.11. The summed E-state index contributed by atoms with van der Waals surface area (Å²) in [6.45, 7) is 4.09. The third kappa shape index (κ3) is 2.01. The Labute approximate surface area is 73.0 Å².